The maximum Gasteiger partial charge on any atom is 0.244 e. The SMILES string of the molecule is Cc1nc(COc2ccc(/C=C/C(=O)NC(C)Cc3ccco3)cc2)cs1. The second-order valence-corrected chi connectivity index (χ2v) is 7.30. The van der Waals surface area contributed by atoms with Crippen LogP contribution >= 0.6 is 11.3 Å². The van der Waals surface area contributed by atoms with Gasteiger partial charge in [0.05, 0.1) is 17.0 Å². The van der Waals surface area contributed by atoms with Crippen LogP contribution in [0.25, 0.3) is 6.08 Å². The number of aromatic nitrogens is 1. The Kier molecular flexibility index (Phi) is 6.44. The first-order chi connectivity index (χ1) is 13.1. The Labute approximate surface area is 162 Å². The van der Waals surface area contributed by atoms with E-state index in [1.165, 1.54) is 6.08 Å². The number of furan rings is 1. The Morgan fingerprint density at radius 1 is 1.33 bits per heavy atom. The van der Waals surface area contributed by atoms with Gasteiger partial charge in [-0.2, -0.15) is 0 Å². The number of nitrogens with zero attached hydrogens (tertiary/aromatic N) is 1. The lowest BCUT2D eigenvalue weighted by molar-refractivity contribution is -0.117. The fourth-order valence-corrected chi connectivity index (χ4v) is 3.15. The van der Waals surface area contributed by atoms with Crippen LogP contribution in [0.1, 0.15) is 28.9 Å². The van der Waals surface area contributed by atoms with Crippen molar-refractivity contribution >= 4 is 23.3 Å². The Morgan fingerprint density at radius 3 is 2.81 bits per heavy atom. The van der Waals surface area contributed by atoms with E-state index in [0.29, 0.717) is 13.0 Å². The molecular formula is C21H22N2O3S. The monoisotopic (exact) mass is 382 g/mol. The van der Waals surface area contributed by atoms with Gasteiger partial charge in [-0.05, 0) is 49.8 Å². The molecule has 5 nitrogen and oxygen atoms in total. The Balaban J connectivity index is 1.46. The highest BCUT2D eigenvalue weighted by Crippen LogP contribution is 2.16. The van der Waals surface area contributed by atoms with Gasteiger partial charge in [0.15, 0.2) is 0 Å². The minimum atomic E-state index is -0.131. The quantitative estimate of drug-likeness (QED) is 0.587. The average Bonchev–Trinajstić information content (AvgIpc) is 3.30. The number of carbonyl (C=O) groups is 1. The van der Waals surface area contributed by atoms with E-state index in [1.54, 1.807) is 23.7 Å². The molecule has 1 aromatic carbocycles. The topological polar surface area (TPSA) is 64.4 Å². The van der Waals surface area contributed by atoms with E-state index in [1.807, 2.05) is 55.6 Å². The summed E-state index contributed by atoms with van der Waals surface area (Å²) in [7, 11) is 0. The Hall–Kier alpha value is -2.86. The second-order valence-electron chi connectivity index (χ2n) is 6.24. The lowest BCUT2D eigenvalue weighted by atomic mass is 10.2. The van der Waals surface area contributed by atoms with Gasteiger partial charge >= 0.3 is 0 Å². The molecule has 1 amide bonds. The molecule has 0 aliphatic carbocycles. The number of thiazole rings is 1. The van der Waals surface area contributed by atoms with Gasteiger partial charge in [-0.3, -0.25) is 4.79 Å². The summed E-state index contributed by atoms with van der Waals surface area (Å²) < 4.78 is 11.0. The maximum atomic E-state index is 12.0. The number of amides is 1. The molecule has 2 heterocycles. The van der Waals surface area contributed by atoms with Gasteiger partial charge < -0.3 is 14.5 Å². The summed E-state index contributed by atoms with van der Waals surface area (Å²) in [6.45, 7) is 4.38. The summed E-state index contributed by atoms with van der Waals surface area (Å²) >= 11 is 1.61. The number of benzene rings is 1. The van der Waals surface area contributed by atoms with Crippen LogP contribution in [0, 0.1) is 6.92 Å². The summed E-state index contributed by atoms with van der Waals surface area (Å²) in [4.78, 5) is 16.4. The second kappa shape index (κ2) is 9.19. The van der Waals surface area contributed by atoms with E-state index < -0.39 is 0 Å². The number of nitrogens with one attached hydrogen (secondary N) is 1. The van der Waals surface area contributed by atoms with E-state index >= 15 is 0 Å². The summed E-state index contributed by atoms with van der Waals surface area (Å²) in [5.41, 5.74) is 1.86. The number of aryl methyl sites for hydroxylation is 1. The fraction of sp³-hybridized carbons (Fsp3) is 0.238. The molecule has 3 aromatic rings. The molecule has 0 radical (unpaired) electrons. The predicted octanol–water partition coefficient (Wildman–Crippen LogP) is 4.38. The number of rotatable bonds is 8. The van der Waals surface area contributed by atoms with Gasteiger partial charge in [0.25, 0.3) is 0 Å². The van der Waals surface area contributed by atoms with Gasteiger partial charge in [0, 0.05) is 23.9 Å². The molecule has 0 fully saturated rings. The van der Waals surface area contributed by atoms with Crippen LogP contribution in [0.3, 0.4) is 0 Å². The minimum Gasteiger partial charge on any atom is -0.487 e. The molecule has 3 rings (SSSR count). The maximum absolute atomic E-state index is 12.0. The Bertz CT molecular complexity index is 883. The number of hydrogen-bond acceptors (Lipinski definition) is 5. The zero-order valence-corrected chi connectivity index (χ0v) is 16.2. The van der Waals surface area contributed by atoms with Crippen LogP contribution in [-0.2, 0) is 17.8 Å². The van der Waals surface area contributed by atoms with Crippen molar-refractivity contribution in [1.29, 1.82) is 0 Å². The molecule has 1 N–H and O–H groups in total. The third kappa shape index (κ3) is 6.11. The average molecular weight is 382 g/mol. The van der Waals surface area contributed by atoms with Crippen molar-refractivity contribution in [1.82, 2.24) is 10.3 Å². The van der Waals surface area contributed by atoms with Crippen molar-refractivity contribution < 1.29 is 13.9 Å². The van der Waals surface area contributed by atoms with Gasteiger partial charge in [0.2, 0.25) is 5.91 Å². The van der Waals surface area contributed by atoms with E-state index in [9.17, 15) is 4.79 Å². The predicted molar refractivity (Wildman–Crippen MR) is 107 cm³/mol. The molecule has 6 heteroatoms. The first-order valence-corrected chi connectivity index (χ1v) is 9.61. The van der Waals surface area contributed by atoms with Crippen LogP contribution in [0.2, 0.25) is 0 Å². The molecule has 0 aliphatic heterocycles. The van der Waals surface area contributed by atoms with Crippen LogP contribution < -0.4 is 10.1 Å². The highest BCUT2D eigenvalue weighted by Gasteiger charge is 2.07. The van der Waals surface area contributed by atoms with Crippen LogP contribution in [0.5, 0.6) is 5.75 Å². The summed E-state index contributed by atoms with van der Waals surface area (Å²) in [5, 5.41) is 5.95. The van der Waals surface area contributed by atoms with Gasteiger partial charge in [-0.1, -0.05) is 12.1 Å². The Morgan fingerprint density at radius 2 is 2.15 bits per heavy atom. The lowest BCUT2D eigenvalue weighted by Crippen LogP contribution is -2.32. The molecule has 0 spiro atoms. The molecule has 140 valence electrons. The number of ether oxygens (including phenoxy) is 1. The molecule has 2 aromatic heterocycles. The standard InChI is InChI=1S/C21H22N2O3S/c1-15(12-20-4-3-11-25-20)22-21(24)10-7-17-5-8-19(9-6-17)26-13-18-14-27-16(2)23-18/h3-11,14-15H,12-13H2,1-2H3,(H,22,24)/b10-7+. The normalized spacial score (nSPS) is 12.2. The van der Waals surface area contributed by atoms with Crippen LogP contribution in [0.4, 0.5) is 0 Å². The van der Waals surface area contributed by atoms with Crippen molar-refractivity contribution in [3.05, 3.63) is 76.1 Å². The van der Waals surface area contributed by atoms with Crippen molar-refractivity contribution in [2.45, 2.75) is 32.9 Å². The van der Waals surface area contributed by atoms with Gasteiger partial charge in [-0.15, -0.1) is 11.3 Å². The zero-order chi connectivity index (χ0) is 19.1. The van der Waals surface area contributed by atoms with Gasteiger partial charge in [0.1, 0.15) is 18.1 Å². The van der Waals surface area contributed by atoms with Crippen molar-refractivity contribution in [2.75, 3.05) is 0 Å². The highest BCUT2D eigenvalue weighted by atomic mass is 32.1. The first-order valence-electron chi connectivity index (χ1n) is 8.73. The molecule has 1 unspecified atom stereocenters. The highest BCUT2D eigenvalue weighted by molar-refractivity contribution is 7.09. The molecule has 27 heavy (non-hydrogen) atoms. The van der Waals surface area contributed by atoms with E-state index in [0.717, 1.165) is 27.8 Å². The smallest absolute Gasteiger partial charge is 0.244 e. The van der Waals surface area contributed by atoms with E-state index in [4.69, 9.17) is 9.15 Å². The third-order valence-corrected chi connectivity index (χ3v) is 4.66. The summed E-state index contributed by atoms with van der Waals surface area (Å²) in [5.74, 6) is 1.50. The molecule has 1 atom stereocenters. The van der Waals surface area contributed by atoms with Gasteiger partial charge in [-0.25, -0.2) is 4.98 Å². The summed E-state index contributed by atoms with van der Waals surface area (Å²) in [6, 6.07) is 11.3. The molecule has 0 bridgehead atoms. The van der Waals surface area contributed by atoms with Crippen LogP contribution in [-0.4, -0.2) is 16.9 Å². The fourth-order valence-electron chi connectivity index (χ4n) is 2.55. The summed E-state index contributed by atoms with van der Waals surface area (Å²) in [6.07, 6.45) is 5.61. The first kappa shape index (κ1) is 18.9. The lowest BCUT2D eigenvalue weighted by Gasteiger charge is -2.10. The van der Waals surface area contributed by atoms with E-state index in [-0.39, 0.29) is 11.9 Å². The number of carbonyl (C=O) groups excluding carboxylic acids is 1. The molecule has 0 aliphatic rings. The molecule has 0 saturated heterocycles. The van der Waals surface area contributed by atoms with Crippen LogP contribution in [0.15, 0.2) is 58.5 Å². The van der Waals surface area contributed by atoms with Crippen molar-refractivity contribution in [2.24, 2.45) is 0 Å². The minimum absolute atomic E-state index is 0.00146. The zero-order valence-electron chi connectivity index (χ0n) is 15.3. The number of hydrogen-bond donors (Lipinski definition) is 1. The van der Waals surface area contributed by atoms with E-state index in [2.05, 4.69) is 10.3 Å². The molecule has 0 saturated carbocycles. The molecular weight excluding hydrogens is 360 g/mol. The third-order valence-electron chi connectivity index (χ3n) is 3.84. The van der Waals surface area contributed by atoms with Crippen molar-refractivity contribution in [3.8, 4) is 5.75 Å². The largest absolute Gasteiger partial charge is 0.487 e. The van der Waals surface area contributed by atoms with Crippen molar-refractivity contribution in [3.63, 3.8) is 0 Å².